The number of amides is 1. The van der Waals surface area contributed by atoms with Crippen LogP contribution in [0.3, 0.4) is 0 Å². The average Bonchev–Trinajstić information content (AvgIpc) is 2.57. The van der Waals surface area contributed by atoms with Crippen LogP contribution < -0.4 is 5.73 Å². The molecule has 3 N–H and O–H groups in total. The monoisotopic (exact) mass is 330 g/mol. The minimum absolute atomic E-state index is 0.370. The zero-order valence-electron chi connectivity index (χ0n) is 14.0. The van der Waals surface area contributed by atoms with E-state index in [9.17, 15) is 9.90 Å². The molecule has 1 amide bonds. The molecule has 1 aliphatic heterocycles. The lowest BCUT2D eigenvalue weighted by molar-refractivity contribution is -0.122. The topological polar surface area (TPSA) is 82.7 Å². The van der Waals surface area contributed by atoms with Gasteiger partial charge in [-0.2, -0.15) is 0 Å². The zero-order valence-corrected chi connectivity index (χ0v) is 14.0. The predicted molar refractivity (Wildman–Crippen MR) is 93.0 cm³/mol. The molecule has 0 saturated carbocycles. The Morgan fingerprint density at radius 2 is 2.08 bits per heavy atom. The van der Waals surface area contributed by atoms with E-state index in [2.05, 4.69) is 20.7 Å². The summed E-state index contributed by atoms with van der Waals surface area (Å²) in [6.07, 6.45) is 9.06. The molecule has 1 aromatic heterocycles. The summed E-state index contributed by atoms with van der Waals surface area (Å²) in [5.74, 6) is 1.90. The fourth-order valence-electron chi connectivity index (χ4n) is 3.06. The number of hydrogen-bond acceptors (Lipinski definition) is 5. The van der Waals surface area contributed by atoms with Crippen LogP contribution >= 0.6 is 0 Å². The van der Waals surface area contributed by atoms with Crippen molar-refractivity contribution < 1.29 is 9.90 Å². The van der Waals surface area contributed by atoms with Gasteiger partial charge < -0.3 is 10.8 Å². The van der Waals surface area contributed by atoms with Gasteiger partial charge in [0.05, 0.1) is 12.6 Å². The molecule has 0 aliphatic carbocycles. The van der Waals surface area contributed by atoms with Crippen LogP contribution in [0.25, 0.3) is 0 Å². The van der Waals surface area contributed by atoms with Crippen LogP contribution in [0.5, 0.6) is 0 Å². The van der Waals surface area contributed by atoms with Crippen molar-refractivity contribution in [3.8, 4) is 12.3 Å². The Kier molecular flexibility index (Phi) is 7.19. The Balaban J connectivity index is 1.80. The molecule has 0 radical (unpaired) electrons. The summed E-state index contributed by atoms with van der Waals surface area (Å²) in [7, 11) is 0. The van der Waals surface area contributed by atoms with E-state index in [4.69, 9.17) is 12.2 Å². The molecule has 2 heterocycles. The lowest BCUT2D eigenvalue weighted by Gasteiger charge is -2.35. The first-order valence-electron chi connectivity index (χ1n) is 8.33. The maximum Gasteiger partial charge on any atom is 0.220 e. The Bertz CT molecular complexity index is 550. The molecule has 2 atom stereocenters. The highest BCUT2D eigenvalue weighted by atomic mass is 16.3. The van der Waals surface area contributed by atoms with Gasteiger partial charge in [-0.25, -0.2) is 0 Å². The quantitative estimate of drug-likeness (QED) is 0.641. The van der Waals surface area contributed by atoms with Gasteiger partial charge in [-0.1, -0.05) is 12.0 Å². The maximum absolute atomic E-state index is 11.7. The van der Waals surface area contributed by atoms with Crippen molar-refractivity contribution in [2.45, 2.75) is 18.9 Å². The van der Waals surface area contributed by atoms with E-state index in [1.165, 1.54) is 0 Å². The summed E-state index contributed by atoms with van der Waals surface area (Å²) in [6, 6.07) is 3.75. The van der Waals surface area contributed by atoms with Gasteiger partial charge in [0.15, 0.2) is 0 Å². The maximum atomic E-state index is 11.7. The number of carbonyl (C=O) groups excluding carboxylic acids is 1. The molecule has 2 unspecified atom stereocenters. The third-order valence-corrected chi connectivity index (χ3v) is 4.41. The van der Waals surface area contributed by atoms with E-state index >= 15 is 0 Å². The molecular formula is C18H26N4O2. The van der Waals surface area contributed by atoms with Crippen LogP contribution in [0.15, 0.2) is 24.5 Å². The number of nitrogens with zero attached hydrogens (tertiary/aromatic N) is 3. The molecule has 6 nitrogen and oxygen atoms in total. The second-order valence-corrected chi connectivity index (χ2v) is 6.34. The molecule has 1 saturated heterocycles. The Hall–Kier alpha value is -1.94. The van der Waals surface area contributed by atoms with E-state index in [-0.39, 0.29) is 11.8 Å². The molecule has 0 spiro atoms. The van der Waals surface area contributed by atoms with Crippen LogP contribution in [0.4, 0.5) is 0 Å². The van der Waals surface area contributed by atoms with E-state index in [1.54, 1.807) is 12.4 Å². The number of β-amino-alcohol motifs (C(OH)–C–C–N with tert-alkyl or cyclic N) is 1. The SMILES string of the molecule is C#CCN1CCN(CC(O)CC(Cc2cccnc2)C(N)=O)CC1. The molecule has 1 aromatic rings. The molecular weight excluding hydrogens is 304 g/mol. The van der Waals surface area contributed by atoms with Crippen molar-refractivity contribution in [3.63, 3.8) is 0 Å². The summed E-state index contributed by atoms with van der Waals surface area (Å²) in [4.78, 5) is 20.2. The van der Waals surface area contributed by atoms with Crippen molar-refractivity contribution in [2.75, 3.05) is 39.3 Å². The van der Waals surface area contributed by atoms with Crippen molar-refractivity contribution in [1.82, 2.24) is 14.8 Å². The van der Waals surface area contributed by atoms with Crippen LogP contribution in [0.2, 0.25) is 0 Å². The molecule has 1 fully saturated rings. The second kappa shape index (κ2) is 9.38. The third kappa shape index (κ3) is 5.93. The summed E-state index contributed by atoms with van der Waals surface area (Å²) < 4.78 is 0. The summed E-state index contributed by atoms with van der Waals surface area (Å²) >= 11 is 0. The van der Waals surface area contributed by atoms with Gasteiger partial charge in [0.1, 0.15) is 0 Å². The van der Waals surface area contributed by atoms with Crippen LogP contribution in [0, 0.1) is 18.3 Å². The van der Waals surface area contributed by atoms with Crippen LogP contribution in [0.1, 0.15) is 12.0 Å². The van der Waals surface area contributed by atoms with Gasteiger partial charge in [0, 0.05) is 51.0 Å². The summed E-state index contributed by atoms with van der Waals surface area (Å²) in [5, 5.41) is 10.4. The number of pyridine rings is 1. The molecule has 130 valence electrons. The van der Waals surface area contributed by atoms with Gasteiger partial charge in [-0.05, 0) is 24.5 Å². The number of hydrogen-bond donors (Lipinski definition) is 2. The highest BCUT2D eigenvalue weighted by molar-refractivity contribution is 5.77. The Morgan fingerprint density at radius 1 is 1.38 bits per heavy atom. The number of nitrogens with two attached hydrogens (primary N) is 1. The number of aromatic nitrogens is 1. The minimum atomic E-state index is -0.571. The van der Waals surface area contributed by atoms with Gasteiger partial charge >= 0.3 is 0 Å². The third-order valence-electron chi connectivity index (χ3n) is 4.41. The normalized spacial score (nSPS) is 18.7. The van der Waals surface area contributed by atoms with Gasteiger partial charge in [0.25, 0.3) is 0 Å². The van der Waals surface area contributed by atoms with E-state index in [0.29, 0.717) is 25.9 Å². The highest BCUT2D eigenvalue weighted by Gasteiger charge is 2.23. The van der Waals surface area contributed by atoms with Crippen LogP contribution in [-0.2, 0) is 11.2 Å². The molecule has 24 heavy (non-hydrogen) atoms. The molecule has 1 aliphatic rings. The van der Waals surface area contributed by atoms with Crippen molar-refractivity contribution in [2.24, 2.45) is 11.7 Å². The summed E-state index contributed by atoms with van der Waals surface area (Å²) in [5.41, 5.74) is 6.46. The fourth-order valence-corrected chi connectivity index (χ4v) is 3.06. The number of rotatable bonds is 8. The van der Waals surface area contributed by atoms with Gasteiger partial charge in [0.2, 0.25) is 5.91 Å². The van der Waals surface area contributed by atoms with Gasteiger partial charge in [-0.3, -0.25) is 19.6 Å². The number of piperazine rings is 1. The lowest BCUT2D eigenvalue weighted by Crippen LogP contribution is -2.48. The van der Waals surface area contributed by atoms with E-state index in [1.807, 2.05) is 12.1 Å². The number of primary amides is 1. The fraction of sp³-hybridized carbons (Fsp3) is 0.556. The zero-order chi connectivity index (χ0) is 17.4. The van der Waals surface area contributed by atoms with E-state index < -0.39 is 6.10 Å². The molecule has 0 aromatic carbocycles. The first kappa shape index (κ1) is 18.4. The number of terminal acetylenes is 1. The molecule has 0 bridgehead atoms. The first-order chi connectivity index (χ1) is 11.6. The smallest absolute Gasteiger partial charge is 0.220 e. The average molecular weight is 330 g/mol. The Morgan fingerprint density at radius 3 is 2.67 bits per heavy atom. The largest absolute Gasteiger partial charge is 0.392 e. The van der Waals surface area contributed by atoms with Crippen molar-refractivity contribution in [1.29, 1.82) is 0 Å². The van der Waals surface area contributed by atoms with Gasteiger partial charge in [-0.15, -0.1) is 6.42 Å². The lowest BCUT2D eigenvalue weighted by atomic mass is 9.93. The second-order valence-electron chi connectivity index (χ2n) is 6.34. The summed E-state index contributed by atoms with van der Waals surface area (Å²) in [6.45, 7) is 4.80. The molecule has 2 rings (SSSR count). The van der Waals surface area contributed by atoms with E-state index in [0.717, 1.165) is 31.7 Å². The minimum Gasteiger partial charge on any atom is -0.392 e. The number of aliphatic hydroxyl groups excluding tert-OH is 1. The molecule has 6 heteroatoms. The first-order valence-corrected chi connectivity index (χ1v) is 8.33. The standard InChI is InChI=1S/C18H26N4O2/c1-2-6-21-7-9-22(10-8-21)14-17(23)12-16(18(19)24)11-15-4-3-5-20-13-15/h1,3-5,13,16-17,23H,6-12,14H2,(H2,19,24). The van der Waals surface area contributed by atoms with Crippen LogP contribution in [-0.4, -0.2) is 71.2 Å². The van der Waals surface area contributed by atoms with Crippen molar-refractivity contribution >= 4 is 5.91 Å². The predicted octanol–water partition coefficient (Wildman–Crippen LogP) is -0.273. The number of aliphatic hydroxyl groups is 1. The number of carbonyl (C=O) groups is 1. The highest BCUT2D eigenvalue weighted by Crippen LogP contribution is 2.15. The van der Waals surface area contributed by atoms with Crippen molar-refractivity contribution in [3.05, 3.63) is 30.1 Å². The Labute approximate surface area is 143 Å².